The van der Waals surface area contributed by atoms with Gasteiger partial charge in [0.1, 0.15) is 6.23 Å². The molecule has 2 aromatic rings. The van der Waals surface area contributed by atoms with Crippen LogP contribution in [0.2, 0.25) is 0 Å². The Morgan fingerprint density at radius 3 is 2.62 bits per heavy atom. The number of nitrogens with zero attached hydrogens (tertiary/aromatic N) is 2. The van der Waals surface area contributed by atoms with Gasteiger partial charge in [-0.2, -0.15) is 0 Å². The van der Waals surface area contributed by atoms with Gasteiger partial charge in [-0.05, 0) is 36.3 Å². The van der Waals surface area contributed by atoms with Crippen LogP contribution in [-0.4, -0.2) is 50.9 Å². The van der Waals surface area contributed by atoms with E-state index in [1.54, 1.807) is 16.2 Å². The summed E-state index contributed by atoms with van der Waals surface area (Å²) in [6, 6.07) is 7.58. The number of aliphatic hydroxyl groups excluding tert-OH is 2. The first-order chi connectivity index (χ1) is 13.6. The minimum absolute atomic E-state index is 0.0633. The first kappa shape index (κ1) is 21.9. The number of aromatic nitrogens is 1. The van der Waals surface area contributed by atoms with Gasteiger partial charge in [0, 0.05) is 13.1 Å². The second kappa shape index (κ2) is 8.92. The van der Waals surface area contributed by atoms with Gasteiger partial charge in [-0.1, -0.05) is 45.0 Å². The summed E-state index contributed by atoms with van der Waals surface area (Å²) in [5, 5.41) is 23.6. The lowest BCUT2D eigenvalue weighted by Crippen LogP contribution is -2.48. The van der Waals surface area contributed by atoms with Gasteiger partial charge in [0.2, 0.25) is 5.91 Å². The Kier molecular flexibility index (Phi) is 6.73. The quantitative estimate of drug-likeness (QED) is 0.673. The van der Waals surface area contributed by atoms with E-state index in [4.69, 9.17) is 0 Å². The number of thiazole rings is 1. The van der Waals surface area contributed by atoms with Gasteiger partial charge in [0.05, 0.1) is 28.2 Å². The fourth-order valence-electron chi connectivity index (χ4n) is 3.75. The van der Waals surface area contributed by atoms with E-state index in [9.17, 15) is 15.0 Å². The van der Waals surface area contributed by atoms with Gasteiger partial charge in [-0.3, -0.25) is 9.69 Å². The van der Waals surface area contributed by atoms with Crippen LogP contribution in [0.3, 0.4) is 0 Å². The third-order valence-corrected chi connectivity index (χ3v) is 6.20. The smallest absolute Gasteiger partial charge is 0.237 e. The summed E-state index contributed by atoms with van der Waals surface area (Å²) in [6.07, 6.45) is -0.453. The van der Waals surface area contributed by atoms with E-state index in [2.05, 4.69) is 31.1 Å². The monoisotopic (exact) mass is 417 g/mol. The second-order valence-corrected chi connectivity index (χ2v) is 9.88. The largest absolute Gasteiger partial charge is 0.392 e. The summed E-state index contributed by atoms with van der Waals surface area (Å²) in [5.74, 6) is -0.156. The predicted molar refractivity (Wildman–Crippen MR) is 115 cm³/mol. The molecule has 1 unspecified atom stereocenters. The van der Waals surface area contributed by atoms with Crippen molar-refractivity contribution in [3.63, 3.8) is 0 Å². The maximum atomic E-state index is 12.8. The third-order valence-electron chi connectivity index (χ3n) is 5.23. The minimum Gasteiger partial charge on any atom is -0.392 e. The van der Waals surface area contributed by atoms with Crippen molar-refractivity contribution in [3.05, 3.63) is 41.0 Å². The maximum Gasteiger partial charge on any atom is 0.237 e. The Morgan fingerprint density at radius 1 is 1.34 bits per heavy atom. The standard InChI is InChI=1S/C22H31N3O3S/c1-14-20(29-13-24-14)16-7-5-15(6-8-16)11-23-21(28)18-9-17(26)12-25(18)19(27)10-22(2,3)4/h5-8,13,17-19,26-27H,9-12H2,1-4H3,(H,23,28)/t17-,18+,19?/m1/s1. The van der Waals surface area contributed by atoms with Gasteiger partial charge < -0.3 is 15.5 Å². The first-order valence-corrected chi connectivity index (χ1v) is 10.9. The van der Waals surface area contributed by atoms with Crippen LogP contribution in [0.1, 0.15) is 44.9 Å². The Balaban J connectivity index is 1.60. The number of likely N-dealkylation sites (tertiary alicyclic amines) is 1. The molecule has 1 aromatic carbocycles. The molecule has 7 heteroatoms. The molecule has 2 heterocycles. The summed E-state index contributed by atoms with van der Waals surface area (Å²) >= 11 is 1.62. The van der Waals surface area contributed by atoms with Gasteiger partial charge in [0.15, 0.2) is 0 Å². The lowest BCUT2D eigenvalue weighted by Gasteiger charge is -2.32. The number of hydrogen-bond acceptors (Lipinski definition) is 6. The molecule has 0 saturated carbocycles. The molecular formula is C22H31N3O3S. The number of aryl methyl sites for hydroxylation is 1. The van der Waals surface area contributed by atoms with Crippen molar-refractivity contribution >= 4 is 17.2 Å². The van der Waals surface area contributed by atoms with E-state index in [1.165, 1.54) is 0 Å². The van der Waals surface area contributed by atoms with Crippen LogP contribution in [0, 0.1) is 12.3 Å². The minimum atomic E-state index is -0.746. The number of β-amino-alcohol motifs (C(OH)–C–C–N with tert-alkyl or cyclic N) is 1. The highest BCUT2D eigenvalue weighted by atomic mass is 32.1. The maximum absolute atomic E-state index is 12.8. The van der Waals surface area contributed by atoms with Crippen molar-refractivity contribution in [2.75, 3.05) is 6.54 Å². The van der Waals surface area contributed by atoms with Crippen molar-refractivity contribution in [1.82, 2.24) is 15.2 Å². The number of aliphatic hydroxyl groups is 2. The molecule has 0 radical (unpaired) electrons. The molecule has 1 aromatic heterocycles. The average molecular weight is 418 g/mol. The topological polar surface area (TPSA) is 85.7 Å². The highest BCUT2D eigenvalue weighted by Gasteiger charge is 2.40. The van der Waals surface area contributed by atoms with E-state index in [0.29, 0.717) is 25.9 Å². The van der Waals surface area contributed by atoms with E-state index in [-0.39, 0.29) is 11.3 Å². The Morgan fingerprint density at radius 2 is 2.03 bits per heavy atom. The number of carbonyl (C=O) groups excluding carboxylic acids is 1. The molecule has 29 heavy (non-hydrogen) atoms. The third kappa shape index (κ3) is 5.63. The highest BCUT2D eigenvalue weighted by molar-refractivity contribution is 7.13. The van der Waals surface area contributed by atoms with Crippen molar-refractivity contribution < 1.29 is 15.0 Å². The van der Waals surface area contributed by atoms with Crippen LogP contribution >= 0.6 is 11.3 Å². The van der Waals surface area contributed by atoms with E-state index >= 15 is 0 Å². The lowest BCUT2D eigenvalue weighted by atomic mass is 9.91. The number of amides is 1. The highest BCUT2D eigenvalue weighted by Crippen LogP contribution is 2.29. The fraction of sp³-hybridized carbons (Fsp3) is 0.545. The van der Waals surface area contributed by atoms with Crippen LogP contribution in [0.4, 0.5) is 0 Å². The molecule has 3 rings (SSSR count). The number of carbonyl (C=O) groups is 1. The van der Waals surface area contributed by atoms with Crippen LogP contribution < -0.4 is 5.32 Å². The van der Waals surface area contributed by atoms with Crippen molar-refractivity contribution in [2.24, 2.45) is 5.41 Å². The Labute approximate surface area is 176 Å². The number of rotatable bonds is 6. The van der Waals surface area contributed by atoms with Crippen LogP contribution in [0.5, 0.6) is 0 Å². The molecule has 1 aliphatic heterocycles. The van der Waals surface area contributed by atoms with Crippen LogP contribution in [0.15, 0.2) is 29.8 Å². The van der Waals surface area contributed by atoms with E-state index in [0.717, 1.165) is 21.7 Å². The number of benzene rings is 1. The molecule has 0 aliphatic carbocycles. The summed E-state index contributed by atoms with van der Waals surface area (Å²) in [7, 11) is 0. The van der Waals surface area contributed by atoms with E-state index in [1.807, 2.05) is 36.7 Å². The molecule has 1 aliphatic rings. The second-order valence-electron chi connectivity index (χ2n) is 9.03. The van der Waals surface area contributed by atoms with Crippen molar-refractivity contribution in [3.8, 4) is 10.4 Å². The molecule has 1 saturated heterocycles. The lowest BCUT2D eigenvalue weighted by molar-refractivity contribution is -0.130. The first-order valence-electron chi connectivity index (χ1n) is 10.0. The molecule has 0 spiro atoms. The fourth-order valence-corrected chi connectivity index (χ4v) is 4.56. The molecule has 158 valence electrons. The van der Waals surface area contributed by atoms with Crippen molar-refractivity contribution in [2.45, 2.75) is 65.5 Å². The molecule has 1 amide bonds. The molecule has 1 fully saturated rings. The molecule has 0 bridgehead atoms. The molecule has 3 N–H and O–H groups in total. The summed E-state index contributed by atoms with van der Waals surface area (Å²) in [4.78, 5) is 19.9. The Hall–Kier alpha value is -1.80. The van der Waals surface area contributed by atoms with Gasteiger partial charge in [-0.15, -0.1) is 11.3 Å². The normalized spacial score (nSPS) is 21.3. The van der Waals surface area contributed by atoms with Crippen molar-refractivity contribution in [1.29, 1.82) is 0 Å². The summed E-state index contributed by atoms with van der Waals surface area (Å²) in [5.41, 5.74) is 4.92. The van der Waals surface area contributed by atoms with Crippen LogP contribution in [-0.2, 0) is 11.3 Å². The van der Waals surface area contributed by atoms with Crippen LogP contribution in [0.25, 0.3) is 10.4 Å². The number of nitrogens with one attached hydrogen (secondary N) is 1. The SMILES string of the molecule is Cc1ncsc1-c1ccc(CNC(=O)[C@@H]2C[C@@H](O)CN2C(O)CC(C)(C)C)cc1. The molecular weight excluding hydrogens is 386 g/mol. The van der Waals surface area contributed by atoms with E-state index < -0.39 is 18.4 Å². The zero-order valence-corrected chi connectivity index (χ0v) is 18.4. The van der Waals surface area contributed by atoms with Gasteiger partial charge in [-0.25, -0.2) is 4.98 Å². The average Bonchev–Trinajstić information content (AvgIpc) is 3.24. The zero-order valence-electron chi connectivity index (χ0n) is 17.6. The zero-order chi connectivity index (χ0) is 21.2. The predicted octanol–water partition coefficient (Wildman–Crippen LogP) is 2.92. The molecule has 6 nitrogen and oxygen atoms in total. The number of hydrogen-bond donors (Lipinski definition) is 3. The van der Waals surface area contributed by atoms with Gasteiger partial charge >= 0.3 is 0 Å². The summed E-state index contributed by atoms with van der Waals surface area (Å²) in [6.45, 7) is 8.88. The van der Waals surface area contributed by atoms with Gasteiger partial charge in [0.25, 0.3) is 0 Å². The molecule has 3 atom stereocenters. The summed E-state index contributed by atoms with van der Waals surface area (Å²) < 4.78 is 0. The Bertz CT molecular complexity index is 829.